The van der Waals surface area contributed by atoms with E-state index in [-0.39, 0.29) is 12.2 Å². The Kier molecular flexibility index (Phi) is 6.64. The maximum atomic E-state index is 12.3. The summed E-state index contributed by atoms with van der Waals surface area (Å²) in [6, 6.07) is 0. The first-order valence-electron chi connectivity index (χ1n) is 7.02. The minimum atomic E-state index is -3.26. The van der Waals surface area contributed by atoms with Gasteiger partial charge in [0.25, 0.3) is 0 Å². The lowest BCUT2D eigenvalue weighted by atomic mass is 10.0. The van der Waals surface area contributed by atoms with Crippen LogP contribution in [0.25, 0.3) is 0 Å². The molecule has 0 bridgehead atoms. The molecule has 1 rings (SSSR count). The molecule has 1 N–H and O–H groups in total. The number of aliphatic hydroxyl groups excluding tert-OH is 1. The van der Waals surface area contributed by atoms with Crippen molar-refractivity contribution in [2.45, 2.75) is 71.2 Å². The maximum absolute atomic E-state index is 12.3. The largest absolute Gasteiger partial charge is 0.388 e. The van der Waals surface area contributed by atoms with Crippen LogP contribution in [0.15, 0.2) is 0 Å². The topological polar surface area (TPSA) is 74.2 Å². The highest BCUT2D eigenvalue weighted by atomic mass is 31.2. The summed E-state index contributed by atoms with van der Waals surface area (Å²) in [6.07, 6.45) is -2.76. The zero-order chi connectivity index (χ0) is 15.5. The Morgan fingerprint density at radius 2 is 1.85 bits per heavy atom. The fraction of sp³-hybridized carbons (Fsp3) is 1.00. The number of hydrogen-bond donors (Lipinski definition) is 1. The molecule has 6 nitrogen and oxygen atoms in total. The molecule has 0 aromatic heterocycles. The molecule has 5 unspecified atom stereocenters. The highest BCUT2D eigenvalue weighted by molar-refractivity contribution is 7.53. The fourth-order valence-electron chi connectivity index (χ4n) is 2.15. The number of hydrogen-bond acceptors (Lipinski definition) is 6. The van der Waals surface area contributed by atoms with E-state index in [9.17, 15) is 9.67 Å². The Bertz CT molecular complexity index is 346. The van der Waals surface area contributed by atoms with E-state index in [0.717, 1.165) is 0 Å². The molecule has 1 saturated heterocycles. The molecule has 0 spiro atoms. The van der Waals surface area contributed by atoms with E-state index in [1.165, 1.54) is 6.66 Å². The SMILES string of the molecule is CC(C)OC1COC(C)C(O)C1OP(C)(=O)OC(C)C. The van der Waals surface area contributed by atoms with Crippen LogP contribution in [-0.2, 0) is 23.1 Å². The van der Waals surface area contributed by atoms with Gasteiger partial charge < -0.3 is 19.1 Å². The van der Waals surface area contributed by atoms with Crippen molar-refractivity contribution in [3.05, 3.63) is 0 Å². The van der Waals surface area contributed by atoms with Crippen molar-refractivity contribution >= 4 is 7.60 Å². The lowest BCUT2D eigenvalue weighted by molar-refractivity contribution is -0.199. The van der Waals surface area contributed by atoms with Gasteiger partial charge in [0.15, 0.2) is 0 Å². The van der Waals surface area contributed by atoms with Crippen molar-refractivity contribution < 1.29 is 28.2 Å². The van der Waals surface area contributed by atoms with E-state index in [1.807, 2.05) is 13.8 Å². The molecule has 0 aromatic carbocycles. The molecule has 1 heterocycles. The van der Waals surface area contributed by atoms with Gasteiger partial charge in [-0.15, -0.1) is 0 Å². The molecule has 120 valence electrons. The van der Waals surface area contributed by atoms with Gasteiger partial charge in [-0.1, -0.05) is 0 Å². The predicted octanol–water partition coefficient (Wildman–Crippen LogP) is 2.19. The minimum Gasteiger partial charge on any atom is -0.388 e. The van der Waals surface area contributed by atoms with Gasteiger partial charge in [-0.05, 0) is 34.6 Å². The van der Waals surface area contributed by atoms with Gasteiger partial charge in [-0.2, -0.15) is 0 Å². The van der Waals surface area contributed by atoms with Gasteiger partial charge in [0, 0.05) is 6.66 Å². The van der Waals surface area contributed by atoms with E-state index in [0.29, 0.717) is 6.61 Å². The van der Waals surface area contributed by atoms with Crippen LogP contribution in [0.2, 0.25) is 0 Å². The highest BCUT2D eigenvalue weighted by Crippen LogP contribution is 2.48. The average molecular weight is 310 g/mol. The van der Waals surface area contributed by atoms with Crippen LogP contribution in [0.5, 0.6) is 0 Å². The lowest BCUT2D eigenvalue weighted by Crippen LogP contribution is -2.54. The van der Waals surface area contributed by atoms with Gasteiger partial charge >= 0.3 is 7.60 Å². The summed E-state index contributed by atoms with van der Waals surface area (Å²) in [5, 5.41) is 10.2. The zero-order valence-electron chi connectivity index (χ0n) is 13.1. The molecular weight excluding hydrogens is 283 g/mol. The van der Waals surface area contributed by atoms with Gasteiger partial charge in [-0.25, -0.2) is 0 Å². The van der Waals surface area contributed by atoms with Crippen LogP contribution < -0.4 is 0 Å². The summed E-state index contributed by atoms with van der Waals surface area (Å²) in [5.41, 5.74) is 0. The molecule has 5 atom stereocenters. The van der Waals surface area contributed by atoms with Gasteiger partial charge in [0.2, 0.25) is 0 Å². The van der Waals surface area contributed by atoms with Crippen LogP contribution in [0.3, 0.4) is 0 Å². The van der Waals surface area contributed by atoms with Crippen LogP contribution in [0.1, 0.15) is 34.6 Å². The van der Waals surface area contributed by atoms with Gasteiger partial charge in [-0.3, -0.25) is 9.09 Å². The summed E-state index contributed by atoms with van der Waals surface area (Å²) in [5.74, 6) is 0. The molecular formula is C13H27O6P. The third-order valence-electron chi connectivity index (χ3n) is 2.87. The van der Waals surface area contributed by atoms with Crippen molar-refractivity contribution in [2.24, 2.45) is 0 Å². The standard InChI is InChI=1S/C13H27O6P/c1-8(2)17-11-7-16-10(5)12(14)13(11)19-20(6,15)18-9(3)4/h8-14H,7H2,1-6H3. The van der Waals surface area contributed by atoms with Crippen LogP contribution in [0, 0.1) is 0 Å². The number of ether oxygens (including phenoxy) is 2. The monoisotopic (exact) mass is 310 g/mol. The van der Waals surface area contributed by atoms with Gasteiger partial charge in [0.1, 0.15) is 18.3 Å². The molecule has 0 radical (unpaired) electrons. The summed E-state index contributed by atoms with van der Waals surface area (Å²) < 4.78 is 34.3. The average Bonchev–Trinajstić information content (AvgIpc) is 2.26. The maximum Gasteiger partial charge on any atom is 0.328 e. The van der Waals surface area contributed by atoms with Crippen molar-refractivity contribution in [2.75, 3.05) is 13.3 Å². The van der Waals surface area contributed by atoms with Crippen molar-refractivity contribution in [3.8, 4) is 0 Å². The second-order valence-electron chi connectivity index (χ2n) is 5.75. The van der Waals surface area contributed by atoms with Crippen molar-refractivity contribution in [1.29, 1.82) is 0 Å². The smallest absolute Gasteiger partial charge is 0.328 e. The summed E-state index contributed by atoms with van der Waals surface area (Å²) >= 11 is 0. The van der Waals surface area contributed by atoms with E-state index in [1.54, 1.807) is 20.8 Å². The number of rotatable bonds is 6. The van der Waals surface area contributed by atoms with E-state index < -0.39 is 32.0 Å². The molecule has 0 aromatic rings. The van der Waals surface area contributed by atoms with Crippen LogP contribution in [-0.4, -0.2) is 55.0 Å². The predicted molar refractivity (Wildman–Crippen MR) is 76.1 cm³/mol. The Labute approximate surface area is 121 Å². The van der Waals surface area contributed by atoms with Gasteiger partial charge in [0.05, 0.1) is 24.9 Å². The molecule has 0 aliphatic carbocycles. The fourth-order valence-corrected chi connectivity index (χ4v) is 3.67. The minimum absolute atomic E-state index is 0.0439. The summed E-state index contributed by atoms with van der Waals surface area (Å²) in [4.78, 5) is 0. The highest BCUT2D eigenvalue weighted by Gasteiger charge is 2.42. The molecule has 0 amide bonds. The Hall–Kier alpha value is 0.0300. The van der Waals surface area contributed by atoms with Crippen molar-refractivity contribution in [3.63, 3.8) is 0 Å². The summed E-state index contributed by atoms with van der Waals surface area (Å²) in [6.45, 7) is 10.8. The quantitative estimate of drug-likeness (QED) is 0.758. The molecule has 1 aliphatic rings. The van der Waals surface area contributed by atoms with E-state index >= 15 is 0 Å². The first-order valence-corrected chi connectivity index (χ1v) is 9.01. The molecule has 20 heavy (non-hydrogen) atoms. The van der Waals surface area contributed by atoms with E-state index in [2.05, 4.69) is 0 Å². The number of aliphatic hydroxyl groups is 1. The first-order chi connectivity index (χ1) is 9.12. The van der Waals surface area contributed by atoms with Crippen LogP contribution >= 0.6 is 7.60 Å². The third kappa shape index (κ3) is 5.43. The van der Waals surface area contributed by atoms with E-state index in [4.69, 9.17) is 18.5 Å². The second-order valence-corrected chi connectivity index (χ2v) is 7.71. The second kappa shape index (κ2) is 7.34. The molecule has 7 heteroatoms. The Morgan fingerprint density at radius 1 is 1.25 bits per heavy atom. The Morgan fingerprint density at radius 3 is 2.35 bits per heavy atom. The Balaban J connectivity index is 2.80. The molecule has 1 aliphatic heterocycles. The first kappa shape index (κ1) is 18.1. The lowest BCUT2D eigenvalue weighted by Gasteiger charge is -2.40. The summed E-state index contributed by atoms with van der Waals surface area (Å²) in [7, 11) is -3.26. The third-order valence-corrected chi connectivity index (χ3v) is 4.30. The molecule has 0 saturated carbocycles. The molecule has 1 fully saturated rings. The normalized spacial score (nSPS) is 34.5. The van der Waals surface area contributed by atoms with Crippen LogP contribution in [0.4, 0.5) is 0 Å². The van der Waals surface area contributed by atoms with Crippen molar-refractivity contribution in [1.82, 2.24) is 0 Å². The zero-order valence-corrected chi connectivity index (χ0v) is 14.0.